The summed E-state index contributed by atoms with van der Waals surface area (Å²) in [5.41, 5.74) is 1.68. The minimum absolute atomic E-state index is 0.344. The van der Waals surface area contributed by atoms with Crippen LogP contribution in [0.1, 0.15) is 6.23 Å². The number of nitrogens with zero attached hydrogens (tertiary/aromatic N) is 2. The third-order valence-electron chi connectivity index (χ3n) is 3.72. The van der Waals surface area contributed by atoms with Gasteiger partial charge in [-0.1, -0.05) is 5.92 Å². The van der Waals surface area contributed by atoms with E-state index in [9.17, 15) is 28.1 Å². The largest absolute Gasteiger partial charge is 0.490 e. The van der Waals surface area contributed by atoms with Crippen LogP contribution in [0.15, 0.2) is 6.20 Å². The Labute approximate surface area is 186 Å². The zero-order valence-corrected chi connectivity index (χ0v) is 19.0. The smallest absolute Gasteiger partial charge is 0.383 e. The molecule has 0 radical (unpaired) electrons. The molecule has 2 heterocycles. The normalized spacial score (nSPS) is 31.5. The number of phosphoric ester groups is 1. The van der Waals surface area contributed by atoms with Gasteiger partial charge >= 0.3 is 23.5 Å². The van der Waals surface area contributed by atoms with E-state index in [1.54, 1.807) is 0 Å². The highest BCUT2D eigenvalue weighted by Crippen LogP contribution is 2.66. The van der Waals surface area contributed by atoms with E-state index < -0.39 is 70.3 Å². The summed E-state index contributed by atoms with van der Waals surface area (Å²) in [5, 5.41) is 10.1. The van der Waals surface area contributed by atoms with Gasteiger partial charge in [-0.3, -0.25) is 9.09 Å². The Bertz CT molecular complexity index is 1190. The van der Waals surface area contributed by atoms with E-state index in [0.717, 1.165) is 0 Å². The van der Waals surface area contributed by atoms with Crippen molar-refractivity contribution in [2.24, 2.45) is 0 Å². The number of ether oxygens (including phenoxy) is 1. The fourth-order valence-corrected chi connectivity index (χ4v) is 5.69. The van der Waals surface area contributed by atoms with Gasteiger partial charge in [0.2, 0.25) is 10.4 Å². The molecule has 1 aliphatic rings. The van der Waals surface area contributed by atoms with Gasteiger partial charge in [0.05, 0.1) is 0 Å². The summed E-state index contributed by atoms with van der Waals surface area (Å²) < 4.78 is 93.0. The molecule has 1 aromatic rings. The van der Waals surface area contributed by atoms with Crippen LogP contribution >= 0.6 is 35.7 Å². The fraction of sp³-hybridized carbons (Fsp3) is 0.455. The van der Waals surface area contributed by atoms with Crippen molar-refractivity contribution in [1.82, 2.24) is 9.55 Å². The Hall–Kier alpha value is -1.22. The summed E-state index contributed by atoms with van der Waals surface area (Å²) >= 11 is 4.74. The number of rotatable bonds is 8. The molecule has 1 aliphatic heterocycles. The molecule has 0 aliphatic carbocycles. The molecule has 0 saturated carbocycles. The standard InChI is InChI=1S/C11H13F3N3O12P3S/c1-2-10(13)7(18)11(14,27-8(10)17-3-5(12)6(15)16-9(17)33)4-26-31(22,23)29-32(24,25)28-30(19,20)21/h1,3,7-8,18H,4H2,(H,22,23)(H,24,25)(H2,15,16,33)(H2,19,20,21)/t7-,8-,10?,11-/m1/s1. The molecule has 7 N–H and O–H groups in total. The maximum absolute atomic E-state index is 15.3. The lowest BCUT2D eigenvalue weighted by Gasteiger charge is -2.25. The lowest BCUT2D eigenvalue weighted by Crippen LogP contribution is -2.47. The van der Waals surface area contributed by atoms with Crippen molar-refractivity contribution < 1.29 is 69.4 Å². The number of aliphatic hydroxyl groups excluding tert-OH is 1. The van der Waals surface area contributed by atoms with Crippen molar-refractivity contribution in [1.29, 1.82) is 0 Å². The van der Waals surface area contributed by atoms with E-state index in [2.05, 4.69) is 22.9 Å². The Morgan fingerprint density at radius 3 is 2.36 bits per heavy atom. The molecular formula is C11H13F3N3O12P3S. The first-order valence-electron chi connectivity index (χ1n) is 7.79. The van der Waals surface area contributed by atoms with Crippen LogP contribution in [0.4, 0.5) is 19.0 Å². The molecule has 3 unspecified atom stereocenters. The van der Waals surface area contributed by atoms with Gasteiger partial charge in [-0.2, -0.15) is 13.6 Å². The van der Waals surface area contributed by atoms with Crippen molar-refractivity contribution in [3.05, 3.63) is 16.8 Å². The Balaban J connectivity index is 2.31. The highest BCUT2D eigenvalue weighted by atomic mass is 32.1. The summed E-state index contributed by atoms with van der Waals surface area (Å²) in [6, 6.07) is 0. The number of hydrogen-bond donors (Lipinski definition) is 6. The van der Waals surface area contributed by atoms with Crippen LogP contribution < -0.4 is 5.73 Å². The summed E-state index contributed by atoms with van der Waals surface area (Å²) in [7, 11) is -17.6. The van der Waals surface area contributed by atoms with E-state index >= 15 is 8.78 Å². The third-order valence-corrected chi connectivity index (χ3v) is 7.81. The maximum Gasteiger partial charge on any atom is 0.490 e. The topological polar surface area (TPSA) is 233 Å². The van der Waals surface area contributed by atoms with Gasteiger partial charge in [0.25, 0.3) is 5.85 Å². The van der Waals surface area contributed by atoms with Crippen molar-refractivity contribution >= 4 is 41.5 Å². The fourth-order valence-electron chi connectivity index (χ4n) is 2.41. The van der Waals surface area contributed by atoms with Crippen molar-refractivity contribution in [2.75, 3.05) is 12.3 Å². The van der Waals surface area contributed by atoms with Crippen molar-refractivity contribution in [3.63, 3.8) is 0 Å². The molecule has 15 nitrogen and oxygen atoms in total. The number of anilines is 1. The van der Waals surface area contributed by atoms with Gasteiger partial charge in [-0.25, -0.2) is 26.9 Å². The number of halogens is 3. The molecule has 0 amide bonds. The quantitative estimate of drug-likeness (QED) is 0.145. The first-order valence-corrected chi connectivity index (χ1v) is 12.7. The number of phosphoric acid groups is 3. The van der Waals surface area contributed by atoms with E-state index in [1.165, 1.54) is 5.92 Å². The molecule has 6 atom stereocenters. The monoisotopic (exact) mass is 561 g/mol. The Morgan fingerprint density at radius 2 is 1.85 bits per heavy atom. The summed E-state index contributed by atoms with van der Waals surface area (Å²) in [5.74, 6) is -4.42. The molecule has 1 saturated heterocycles. The molecule has 1 fully saturated rings. The van der Waals surface area contributed by atoms with Crippen LogP contribution in [-0.2, 0) is 31.6 Å². The first kappa shape index (κ1) is 28.0. The van der Waals surface area contributed by atoms with Crippen LogP contribution in [0, 0.1) is 22.9 Å². The van der Waals surface area contributed by atoms with Gasteiger partial charge in [0, 0.05) is 6.20 Å². The molecule has 0 bridgehead atoms. The molecule has 0 aromatic carbocycles. The molecule has 1 aromatic heterocycles. The van der Waals surface area contributed by atoms with E-state index in [1.807, 2.05) is 0 Å². The second-order valence-electron chi connectivity index (χ2n) is 6.10. The minimum Gasteiger partial charge on any atom is -0.383 e. The number of nitrogen functional groups attached to an aromatic ring is 1. The van der Waals surface area contributed by atoms with E-state index in [0.29, 0.717) is 10.8 Å². The summed E-state index contributed by atoms with van der Waals surface area (Å²) in [4.78, 5) is 38.7. The molecular weight excluding hydrogens is 548 g/mol. The lowest BCUT2D eigenvalue weighted by molar-refractivity contribution is -0.204. The molecule has 0 spiro atoms. The predicted octanol–water partition coefficient (Wildman–Crippen LogP) is 0.574. The highest BCUT2D eigenvalue weighted by molar-refractivity contribution is 7.71. The van der Waals surface area contributed by atoms with Gasteiger partial charge in [0.1, 0.15) is 6.61 Å². The third kappa shape index (κ3) is 6.27. The Morgan fingerprint density at radius 1 is 1.27 bits per heavy atom. The average Bonchev–Trinajstić information content (AvgIpc) is 2.82. The van der Waals surface area contributed by atoms with Gasteiger partial charge in [-0.15, -0.1) is 6.42 Å². The summed E-state index contributed by atoms with van der Waals surface area (Å²) in [6.45, 7) is -1.93. The van der Waals surface area contributed by atoms with Crippen LogP contribution in [0.3, 0.4) is 0 Å². The zero-order valence-electron chi connectivity index (χ0n) is 15.5. The number of aliphatic hydroxyl groups is 1. The van der Waals surface area contributed by atoms with Gasteiger partial charge in [0.15, 0.2) is 24.0 Å². The SMILES string of the molecule is C#CC1(F)[C@@H](O)[C@@](F)(COP(=O)(O)OP(=O)(O)OP(=O)(O)O)O[C@H]1n1cc(F)c(N)nc1=S. The first-order chi connectivity index (χ1) is 14.8. The second kappa shape index (κ2) is 9.10. The molecule has 33 heavy (non-hydrogen) atoms. The minimum atomic E-state index is -5.96. The van der Waals surface area contributed by atoms with E-state index in [4.69, 9.17) is 39.1 Å². The number of nitrogens with two attached hydrogens (primary N) is 1. The number of alkyl halides is 2. The molecule has 186 valence electrons. The zero-order chi connectivity index (χ0) is 25.6. The number of aromatic nitrogens is 2. The Kier molecular flexibility index (Phi) is 7.72. The molecule has 22 heteroatoms. The van der Waals surface area contributed by atoms with Crippen LogP contribution in [0.5, 0.6) is 0 Å². The molecule has 2 rings (SSSR count). The second-order valence-corrected chi connectivity index (χ2v) is 10.9. The highest BCUT2D eigenvalue weighted by Gasteiger charge is 2.67. The average molecular weight is 561 g/mol. The van der Waals surface area contributed by atoms with Crippen molar-refractivity contribution in [3.8, 4) is 12.3 Å². The van der Waals surface area contributed by atoms with Crippen molar-refractivity contribution in [2.45, 2.75) is 23.9 Å². The van der Waals surface area contributed by atoms with Crippen LogP contribution in [-0.4, -0.2) is 58.5 Å². The predicted molar refractivity (Wildman–Crippen MR) is 99.9 cm³/mol. The van der Waals surface area contributed by atoms with E-state index in [-0.39, 0.29) is 0 Å². The van der Waals surface area contributed by atoms with Gasteiger partial charge in [-0.05, 0) is 12.2 Å². The maximum atomic E-state index is 15.3. The number of terminal acetylenes is 1. The van der Waals surface area contributed by atoms with Crippen LogP contribution in [0.25, 0.3) is 0 Å². The summed E-state index contributed by atoms with van der Waals surface area (Å²) in [6.07, 6.45) is -0.0135. The van der Waals surface area contributed by atoms with Crippen LogP contribution in [0.2, 0.25) is 0 Å². The lowest BCUT2D eigenvalue weighted by atomic mass is 9.96. The number of hydrogen-bond acceptors (Lipinski definition) is 11. The van der Waals surface area contributed by atoms with Gasteiger partial charge < -0.3 is 35.2 Å².